The van der Waals surface area contributed by atoms with Crippen LogP contribution < -0.4 is 5.32 Å². The van der Waals surface area contributed by atoms with Gasteiger partial charge >= 0.3 is 0 Å². The van der Waals surface area contributed by atoms with Gasteiger partial charge in [0.15, 0.2) is 5.82 Å². The maximum Gasteiger partial charge on any atom is 0.164 e. The molecule has 2 aromatic heterocycles. The monoisotopic (exact) mass is 284 g/mol. The minimum Gasteiger partial charge on any atom is -0.466 e. The second-order valence-electron chi connectivity index (χ2n) is 3.57. The van der Waals surface area contributed by atoms with E-state index >= 15 is 0 Å². The fraction of sp³-hybridized carbons (Fsp3) is 0.400. The number of aryl methyl sites for hydroxylation is 1. The number of hydrogen-bond acceptors (Lipinski definition) is 4. The highest BCUT2D eigenvalue weighted by atomic mass is 79.9. The molecule has 0 bridgehead atoms. The zero-order valence-corrected chi connectivity index (χ0v) is 10.7. The highest BCUT2D eigenvalue weighted by Gasteiger charge is 2.12. The number of hydrogen-bond donors (Lipinski definition) is 2. The lowest BCUT2D eigenvalue weighted by Crippen LogP contribution is -2.18. The highest BCUT2D eigenvalue weighted by Crippen LogP contribution is 2.24. The molecule has 0 fully saturated rings. The van der Waals surface area contributed by atoms with Crippen LogP contribution in [0.1, 0.15) is 30.4 Å². The molecule has 0 radical (unpaired) electrons. The lowest BCUT2D eigenvalue weighted by molar-refractivity contribution is 0.425. The summed E-state index contributed by atoms with van der Waals surface area (Å²) in [6, 6.07) is 1.99. The molecule has 0 aliphatic heterocycles. The van der Waals surface area contributed by atoms with E-state index in [0.717, 1.165) is 21.9 Å². The van der Waals surface area contributed by atoms with Crippen molar-refractivity contribution in [1.29, 1.82) is 0 Å². The molecular weight excluding hydrogens is 272 g/mol. The molecule has 2 rings (SSSR count). The molecule has 0 saturated carbocycles. The van der Waals surface area contributed by atoms with Crippen LogP contribution in [0.4, 0.5) is 0 Å². The van der Waals surface area contributed by atoms with E-state index in [9.17, 15) is 0 Å². The molecule has 0 amide bonds. The maximum absolute atomic E-state index is 5.36. The number of H-pyrrole nitrogens is 1. The maximum atomic E-state index is 5.36. The Labute approximate surface area is 102 Å². The molecule has 1 unspecified atom stereocenters. The van der Waals surface area contributed by atoms with Gasteiger partial charge in [0.2, 0.25) is 0 Å². The summed E-state index contributed by atoms with van der Waals surface area (Å²) in [5, 5.41) is 10.1. The Hall–Kier alpha value is -1.14. The van der Waals surface area contributed by atoms with Crippen molar-refractivity contribution in [2.75, 3.05) is 0 Å². The number of furan rings is 1. The number of nitrogens with one attached hydrogen (secondary N) is 2. The third-order valence-corrected chi connectivity index (χ3v) is 2.90. The van der Waals surface area contributed by atoms with E-state index < -0.39 is 0 Å². The smallest absolute Gasteiger partial charge is 0.164 e. The van der Waals surface area contributed by atoms with Crippen LogP contribution in [-0.2, 0) is 6.54 Å². The highest BCUT2D eigenvalue weighted by molar-refractivity contribution is 9.10. The normalized spacial score (nSPS) is 12.9. The van der Waals surface area contributed by atoms with E-state index in [1.54, 1.807) is 6.26 Å². The summed E-state index contributed by atoms with van der Waals surface area (Å²) in [5.41, 5.74) is 0. The minimum absolute atomic E-state index is 0.114. The Morgan fingerprint density at radius 3 is 3.00 bits per heavy atom. The SMILES string of the molecule is Cc1nc(CNC(C)c2occc2Br)n[nH]1. The van der Waals surface area contributed by atoms with Gasteiger partial charge in [-0.15, -0.1) is 0 Å². The number of aromatic nitrogens is 3. The minimum atomic E-state index is 0.114. The predicted molar refractivity (Wildman–Crippen MR) is 62.8 cm³/mol. The Bertz CT molecular complexity index is 465. The van der Waals surface area contributed by atoms with Gasteiger partial charge in [-0.3, -0.25) is 5.10 Å². The van der Waals surface area contributed by atoms with E-state index in [2.05, 4.69) is 36.4 Å². The van der Waals surface area contributed by atoms with Crippen molar-refractivity contribution >= 4 is 15.9 Å². The van der Waals surface area contributed by atoms with Crippen LogP contribution in [0.15, 0.2) is 21.2 Å². The van der Waals surface area contributed by atoms with E-state index in [1.165, 1.54) is 0 Å². The van der Waals surface area contributed by atoms with Crippen molar-refractivity contribution in [3.63, 3.8) is 0 Å². The van der Waals surface area contributed by atoms with Crippen LogP contribution in [-0.4, -0.2) is 15.2 Å². The quantitative estimate of drug-likeness (QED) is 0.904. The summed E-state index contributed by atoms with van der Waals surface area (Å²) in [6.07, 6.45) is 1.66. The Morgan fingerprint density at radius 2 is 2.44 bits per heavy atom. The summed E-state index contributed by atoms with van der Waals surface area (Å²) in [5.74, 6) is 2.46. The number of rotatable bonds is 4. The molecule has 0 aliphatic carbocycles. The zero-order valence-electron chi connectivity index (χ0n) is 9.12. The topological polar surface area (TPSA) is 66.7 Å². The first kappa shape index (κ1) is 11.3. The fourth-order valence-corrected chi connectivity index (χ4v) is 1.96. The standard InChI is InChI=1S/C10H13BrN4O/c1-6(10-8(11)3-4-16-10)12-5-9-13-7(2)14-15-9/h3-4,6,12H,5H2,1-2H3,(H,13,14,15). The van der Waals surface area contributed by atoms with Gasteiger partial charge in [-0.05, 0) is 35.8 Å². The van der Waals surface area contributed by atoms with E-state index in [-0.39, 0.29) is 6.04 Å². The number of halogens is 1. The first-order valence-corrected chi connectivity index (χ1v) is 5.80. The molecule has 2 N–H and O–H groups in total. The van der Waals surface area contributed by atoms with Crippen LogP contribution in [0.5, 0.6) is 0 Å². The van der Waals surface area contributed by atoms with E-state index in [0.29, 0.717) is 6.54 Å². The Kier molecular flexibility index (Phi) is 3.40. The predicted octanol–water partition coefficient (Wildman–Crippen LogP) is 2.32. The van der Waals surface area contributed by atoms with Gasteiger partial charge in [-0.2, -0.15) is 5.10 Å². The third kappa shape index (κ3) is 2.51. The molecule has 1 atom stereocenters. The van der Waals surface area contributed by atoms with Gasteiger partial charge in [0, 0.05) is 0 Å². The molecule has 16 heavy (non-hydrogen) atoms. The second kappa shape index (κ2) is 4.80. The average Bonchev–Trinajstić information content (AvgIpc) is 2.84. The summed E-state index contributed by atoms with van der Waals surface area (Å²) in [4.78, 5) is 4.21. The largest absolute Gasteiger partial charge is 0.466 e. The summed E-state index contributed by atoms with van der Waals surface area (Å²) < 4.78 is 6.33. The number of nitrogens with zero attached hydrogens (tertiary/aromatic N) is 2. The van der Waals surface area contributed by atoms with E-state index in [4.69, 9.17) is 4.42 Å². The van der Waals surface area contributed by atoms with Crippen molar-refractivity contribution in [2.45, 2.75) is 26.4 Å². The number of aromatic amines is 1. The molecule has 2 aromatic rings. The zero-order chi connectivity index (χ0) is 11.5. The lowest BCUT2D eigenvalue weighted by Gasteiger charge is -2.09. The Balaban J connectivity index is 1.93. The lowest BCUT2D eigenvalue weighted by atomic mass is 10.2. The van der Waals surface area contributed by atoms with Crippen molar-refractivity contribution in [2.24, 2.45) is 0 Å². The van der Waals surface area contributed by atoms with Crippen molar-refractivity contribution in [3.8, 4) is 0 Å². The average molecular weight is 285 g/mol. The van der Waals surface area contributed by atoms with Crippen LogP contribution in [0.25, 0.3) is 0 Å². The van der Waals surface area contributed by atoms with Gasteiger partial charge in [0.1, 0.15) is 11.6 Å². The molecule has 0 aliphatic rings. The molecule has 5 nitrogen and oxygen atoms in total. The van der Waals surface area contributed by atoms with Gasteiger partial charge in [0.05, 0.1) is 23.3 Å². The summed E-state index contributed by atoms with van der Waals surface area (Å²) in [7, 11) is 0. The molecule has 0 spiro atoms. The fourth-order valence-electron chi connectivity index (χ4n) is 1.42. The summed E-state index contributed by atoms with van der Waals surface area (Å²) in [6.45, 7) is 4.52. The van der Waals surface area contributed by atoms with Crippen LogP contribution in [0, 0.1) is 6.92 Å². The second-order valence-corrected chi connectivity index (χ2v) is 4.43. The molecule has 86 valence electrons. The first-order chi connectivity index (χ1) is 7.66. The first-order valence-electron chi connectivity index (χ1n) is 5.01. The van der Waals surface area contributed by atoms with Crippen LogP contribution in [0.2, 0.25) is 0 Å². The molecular formula is C10H13BrN4O. The van der Waals surface area contributed by atoms with Crippen LogP contribution in [0.3, 0.4) is 0 Å². The molecule has 6 heteroatoms. The molecule has 0 aromatic carbocycles. The molecule has 0 saturated heterocycles. The van der Waals surface area contributed by atoms with Crippen LogP contribution >= 0.6 is 15.9 Å². The van der Waals surface area contributed by atoms with Gasteiger partial charge in [0.25, 0.3) is 0 Å². The van der Waals surface area contributed by atoms with Gasteiger partial charge in [-0.25, -0.2) is 4.98 Å². The Morgan fingerprint density at radius 1 is 1.62 bits per heavy atom. The van der Waals surface area contributed by atoms with E-state index in [1.807, 2.05) is 19.9 Å². The summed E-state index contributed by atoms with van der Waals surface area (Å²) >= 11 is 3.43. The van der Waals surface area contributed by atoms with Crippen molar-refractivity contribution in [3.05, 3.63) is 34.2 Å². The van der Waals surface area contributed by atoms with Gasteiger partial charge in [-0.1, -0.05) is 0 Å². The van der Waals surface area contributed by atoms with Crippen molar-refractivity contribution in [1.82, 2.24) is 20.5 Å². The van der Waals surface area contributed by atoms with Gasteiger partial charge < -0.3 is 9.73 Å². The molecule has 2 heterocycles. The van der Waals surface area contributed by atoms with Crippen molar-refractivity contribution < 1.29 is 4.42 Å². The third-order valence-electron chi connectivity index (χ3n) is 2.25.